The van der Waals surface area contributed by atoms with Crippen LogP contribution < -0.4 is 5.32 Å². The molecule has 0 saturated carbocycles. The molecular formula is C8H10N2O3S. The van der Waals surface area contributed by atoms with Crippen LogP contribution in [0.25, 0.3) is 0 Å². The number of carbonyl (C=O) groups excluding carboxylic acids is 1. The molecule has 0 spiro atoms. The van der Waals surface area contributed by atoms with E-state index in [2.05, 4.69) is 10.3 Å². The maximum absolute atomic E-state index is 11.0. The molecule has 5 nitrogen and oxygen atoms in total. The number of alkyl carbamates (subject to hydrolysis) is 1. The van der Waals surface area contributed by atoms with Crippen LogP contribution in [0.4, 0.5) is 4.79 Å². The molecule has 1 aromatic rings. The van der Waals surface area contributed by atoms with Gasteiger partial charge in [-0.15, -0.1) is 11.3 Å². The fourth-order valence-electron chi connectivity index (χ4n) is 1.39. The monoisotopic (exact) mass is 214 g/mol. The van der Waals surface area contributed by atoms with Crippen molar-refractivity contribution >= 4 is 17.4 Å². The molecule has 2 rings (SSSR count). The Balaban J connectivity index is 2.21. The van der Waals surface area contributed by atoms with Crippen molar-refractivity contribution in [2.45, 2.75) is 25.2 Å². The number of hydrogen-bond acceptors (Lipinski definition) is 5. The molecule has 2 heterocycles. The van der Waals surface area contributed by atoms with Crippen molar-refractivity contribution in [1.29, 1.82) is 0 Å². The second-order valence-corrected chi connectivity index (χ2v) is 4.03. The number of rotatable bonds is 2. The molecule has 1 aromatic heterocycles. The number of carbonyl (C=O) groups is 1. The molecular weight excluding hydrogens is 204 g/mol. The summed E-state index contributed by atoms with van der Waals surface area (Å²) in [6.45, 7) is 1.61. The fourth-order valence-corrected chi connectivity index (χ4v) is 2.10. The summed E-state index contributed by atoms with van der Waals surface area (Å²) in [5.41, 5.74) is 0. The lowest BCUT2D eigenvalue weighted by atomic mass is 10.1. The Morgan fingerprint density at radius 1 is 1.79 bits per heavy atom. The topological polar surface area (TPSA) is 71.5 Å². The number of aliphatic hydroxyl groups excluding tert-OH is 1. The van der Waals surface area contributed by atoms with E-state index < -0.39 is 24.3 Å². The minimum absolute atomic E-state index is 0.409. The zero-order valence-electron chi connectivity index (χ0n) is 7.51. The van der Waals surface area contributed by atoms with Crippen LogP contribution in [0.5, 0.6) is 0 Å². The number of thiazole rings is 1. The Kier molecular flexibility index (Phi) is 2.39. The average Bonchev–Trinajstić information content (AvgIpc) is 2.70. The third kappa shape index (κ3) is 1.58. The van der Waals surface area contributed by atoms with Crippen LogP contribution in [0.1, 0.15) is 18.0 Å². The van der Waals surface area contributed by atoms with E-state index in [1.807, 2.05) is 0 Å². The van der Waals surface area contributed by atoms with Crippen LogP contribution in [0.15, 0.2) is 11.6 Å². The highest BCUT2D eigenvalue weighted by Crippen LogP contribution is 2.29. The molecule has 14 heavy (non-hydrogen) atoms. The number of nitrogens with zero attached hydrogens (tertiary/aromatic N) is 1. The molecule has 0 aliphatic carbocycles. The molecule has 1 aliphatic heterocycles. The minimum Gasteiger partial charge on any atom is -0.436 e. The summed E-state index contributed by atoms with van der Waals surface area (Å²) >= 11 is 1.40. The van der Waals surface area contributed by atoms with Gasteiger partial charge in [0, 0.05) is 11.6 Å². The summed E-state index contributed by atoms with van der Waals surface area (Å²) in [6, 6.07) is -0.409. The van der Waals surface area contributed by atoms with E-state index >= 15 is 0 Å². The van der Waals surface area contributed by atoms with Gasteiger partial charge in [-0.05, 0) is 6.92 Å². The summed E-state index contributed by atoms with van der Waals surface area (Å²) in [7, 11) is 0. The van der Waals surface area contributed by atoms with Crippen LogP contribution in [-0.4, -0.2) is 28.3 Å². The van der Waals surface area contributed by atoms with Gasteiger partial charge >= 0.3 is 6.09 Å². The Labute approximate surface area is 84.7 Å². The van der Waals surface area contributed by atoms with Crippen LogP contribution in [-0.2, 0) is 4.74 Å². The first kappa shape index (κ1) is 9.42. The number of amides is 1. The normalized spacial score (nSPS) is 28.3. The zero-order chi connectivity index (χ0) is 10.1. The number of nitrogens with one attached hydrogen (secondary N) is 1. The lowest BCUT2D eigenvalue weighted by Crippen LogP contribution is -2.37. The van der Waals surface area contributed by atoms with E-state index in [-0.39, 0.29) is 0 Å². The molecule has 1 fully saturated rings. The largest absolute Gasteiger partial charge is 0.436 e. The van der Waals surface area contributed by atoms with Crippen LogP contribution >= 0.6 is 11.3 Å². The van der Waals surface area contributed by atoms with Gasteiger partial charge in [0.1, 0.15) is 11.0 Å². The van der Waals surface area contributed by atoms with E-state index in [0.29, 0.717) is 5.01 Å². The summed E-state index contributed by atoms with van der Waals surface area (Å²) in [4.78, 5) is 15.1. The quantitative estimate of drug-likeness (QED) is 0.759. The zero-order valence-corrected chi connectivity index (χ0v) is 8.32. The molecule has 0 bridgehead atoms. The molecule has 3 atom stereocenters. The molecule has 1 aliphatic rings. The molecule has 0 unspecified atom stereocenters. The predicted molar refractivity (Wildman–Crippen MR) is 49.9 cm³/mol. The van der Waals surface area contributed by atoms with Gasteiger partial charge in [-0.25, -0.2) is 9.78 Å². The predicted octanol–water partition coefficient (Wildman–Crippen LogP) is 0.673. The van der Waals surface area contributed by atoms with Crippen LogP contribution in [0.2, 0.25) is 0 Å². The number of ether oxygens (including phenoxy) is 1. The first-order valence-corrected chi connectivity index (χ1v) is 5.11. The molecule has 0 radical (unpaired) electrons. The van der Waals surface area contributed by atoms with Crippen molar-refractivity contribution < 1.29 is 14.6 Å². The Bertz CT molecular complexity index is 325. The van der Waals surface area contributed by atoms with Crippen molar-refractivity contribution in [3.8, 4) is 0 Å². The molecule has 76 valence electrons. The van der Waals surface area contributed by atoms with Gasteiger partial charge in [-0.3, -0.25) is 0 Å². The van der Waals surface area contributed by atoms with Crippen molar-refractivity contribution in [2.24, 2.45) is 0 Å². The first-order valence-electron chi connectivity index (χ1n) is 4.23. The van der Waals surface area contributed by atoms with E-state index in [1.165, 1.54) is 11.3 Å². The van der Waals surface area contributed by atoms with Gasteiger partial charge in [0.2, 0.25) is 0 Å². The minimum atomic E-state index is -0.657. The Hall–Kier alpha value is -1.14. The van der Waals surface area contributed by atoms with E-state index in [4.69, 9.17) is 4.74 Å². The van der Waals surface area contributed by atoms with Gasteiger partial charge in [0.15, 0.2) is 6.10 Å². The van der Waals surface area contributed by atoms with Gasteiger partial charge in [-0.2, -0.15) is 0 Å². The summed E-state index contributed by atoms with van der Waals surface area (Å²) in [5.74, 6) is 0. The molecule has 0 aromatic carbocycles. The van der Waals surface area contributed by atoms with Crippen molar-refractivity contribution in [3.63, 3.8) is 0 Å². The van der Waals surface area contributed by atoms with E-state index in [1.54, 1.807) is 18.5 Å². The molecule has 6 heteroatoms. The number of aliphatic hydroxyl groups is 1. The highest BCUT2D eigenvalue weighted by Gasteiger charge is 2.39. The Morgan fingerprint density at radius 2 is 2.57 bits per heavy atom. The van der Waals surface area contributed by atoms with Crippen molar-refractivity contribution in [3.05, 3.63) is 16.6 Å². The lowest BCUT2D eigenvalue weighted by Gasteiger charge is -2.16. The molecule has 1 amide bonds. The summed E-state index contributed by atoms with van der Waals surface area (Å²) < 4.78 is 5.02. The van der Waals surface area contributed by atoms with Crippen molar-refractivity contribution in [2.75, 3.05) is 0 Å². The second kappa shape index (κ2) is 3.55. The highest BCUT2D eigenvalue weighted by molar-refractivity contribution is 7.09. The molecule has 2 N–H and O–H groups in total. The standard InChI is InChI=1S/C8H10N2O3S/c1-4(11)5-6(13-8(12)10-5)7-9-2-3-14-7/h2-6,11H,1H3,(H,10,12)/t4-,5+,6+/m1/s1. The third-order valence-corrected chi connectivity index (χ3v) is 2.90. The Morgan fingerprint density at radius 3 is 3.14 bits per heavy atom. The highest BCUT2D eigenvalue weighted by atomic mass is 32.1. The average molecular weight is 214 g/mol. The fraction of sp³-hybridized carbons (Fsp3) is 0.500. The lowest BCUT2D eigenvalue weighted by molar-refractivity contribution is 0.0875. The van der Waals surface area contributed by atoms with Gasteiger partial charge < -0.3 is 15.2 Å². The molecule has 1 saturated heterocycles. The maximum atomic E-state index is 11.0. The van der Waals surface area contributed by atoms with Crippen LogP contribution in [0, 0.1) is 0 Å². The summed E-state index contributed by atoms with van der Waals surface area (Å²) in [5, 5.41) is 14.5. The number of hydrogen-bond donors (Lipinski definition) is 2. The maximum Gasteiger partial charge on any atom is 0.408 e. The smallest absolute Gasteiger partial charge is 0.408 e. The van der Waals surface area contributed by atoms with Gasteiger partial charge in [0.05, 0.1) is 6.10 Å². The van der Waals surface area contributed by atoms with Crippen molar-refractivity contribution in [1.82, 2.24) is 10.3 Å². The van der Waals surface area contributed by atoms with E-state index in [9.17, 15) is 9.90 Å². The van der Waals surface area contributed by atoms with Gasteiger partial charge in [0.25, 0.3) is 0 Å². The van der Waals surface area contributed by atoms with Crippen LogP contribution in [0.3, 0.4) is 0 Å². The third-order valence-electron chi connectivity index (χ3n) is 2.06. The van der Waals surface area contributed by atoms with E-state index in [0.717, 1.165) is 0 Å². The first-order chi connectivity index (χ1) is 6.68. The second-order valence-electron chi connectivity index (χ2n) is 3.11. The van der Waals surface area contributed by atoms with Gasteiger partial charge in [-0.1, -0.05) is 0 Å². The summed E-state index contributed by atoms with van der Waals surface area (Å²) in [6.07, 6.45) is 0.0135. The number of cyclic esters (lactones) is 1. The SMILES string of the molecule is C[C@@H](O)[C@@H]1NC(=O)O[C@@H]1c1nccs1. The number of aromatic nitrogens is 1.